The van der Waals surface area contributed by atoms with Gasteiger partial charge in [-0.2, -0.15) is 5.26 Å². The van der Waals surface area contributed by atoms with Gasteiger partial charge in [0.2, 0.25) is 0 Å². The minimum absolute atomic E-state index is 0.119. The van der Waals surface area contributed by atoms with Gasteiger partial charge in [0.25, 0.3) is 5.91 Å². The number of nitriles is 1. The molecule has 0 bridgehead atoms. The number of aryl methyl sites for hydroxylation is 1. The minimum Gasteiger partial charge on any atom is -0.486 e. The van der Waals surface area contributed by atoms with Crippen LogP contribution in [-0.2, 0) is 20.9 Å². The maximum atomic E-state index is 13.0. The maximum absolute atomic E-state index is 13.0. The molecule has 8 heteroatoms. The molecule has 35 heavy (non-hydrogen) atoms. The van der Waals surface area contributed by atoms with E-state index in [1.165, 1.54) is 6.08 Å². The number of carbonyl (C=O) groups excluding carboxylic acids is 2. The molecule has 184 valence electrons. The van der Waals surface area contributed by atoms with E-state index in [0.717, 1.165) is 48.3 Å². The number of fused-ring (bicyclic) bond motifs is 1. The third-order valence-corrected chi connectivity index (χ3v) is 6.55. The quantitative estimate of drug-likeness (QED) is 0.339. The number of hydrogen-bond acceptors (Lipinski definition) is 6. The molecule has 0 aliphatic carbocycles. The summed E-state index contributed by atoms with van der Waals surface area (Å²) in [6, 6.07) is 9.48. The van der Waals surface area contributed by atoms with E-state index in [-0.39, 0.29) is 17.5 Å². The lowest BCUT2D eigenvalue weighted by Gasteiger charge is -2.26. The van der Waals surface area contributed by atoms with Gasteiger partial charge in [0.1, 0.15) is 24.9 Å². The van der Waals surface area contributed by atoms with Gasteiger partial charge in [-0.1, -0.05) is 13.0 Å². The number of carbonyl (C=O) groups is 2. The fourth-order valence-corrected chi connectivity index (χ4v) is 4.80. The van der Waals surface area contributed by atoms with Crippen LogP contribution in [0.5, 0.6) is 11.5 Å². The lowest BCUT2D eigenvalue weighted by atomic mass is 10.0. The summed E-state index contributed by atoms with van der Waals surface area (Å²) in [5.74, 6) is 0.308. The Balaban J connectivity index is 1.42. The SMILES string of the molecule is CCCn1c(C)cc(/C=C(\C#N)C(=O)OCC(=O)N2CCCC2c2ccc3c(c2)OCCO3)c1C. The van der Waals surface area contributed by atoms with E-state index in [2.05, 4.69) is 11.5 Å². The molecule has 2 aliphatic rings. The lowest BCUT2D eigenvalue weighted by molar-refractivity contribution is -0.149. The van der Waals surface area contributed by atoms with Crippen LogP contribution in [0, 0.1) is 25.2 Å². The molecule has 0 N–H and O–H groups in total. The molecule has 2 aromatic rings. The molecule has 1 saturated heterocycles. The van der Waals surface area contributed by atoms with Gasteiger partial charge in [-0.3, -0.25) is 4.79 Å². The van der Waals surface area contributed by atoms with E-state index in [9.17, 15) is 14.9 Å². The van der Waals surface area contributed by atoms with Crippen molar-refractivity contribution < 1.29 is 23.8 Å². The van der Waals surface area contributed by atoms with E-state index < -0.39 is 12.6 Å². The van der Waals surface area contributed by atoms with Crippen molar-refractivity contribution in [3.63, 3.8) is 0 Å². The Labute approximate surface area is 205 Å². The molecule has 0 radical (unpaired) electrons. The number of esters is 1. The molecule has 3 heterocycles. The average Bonchev–Trinajstić information content (AvgIpc) is 3.46. The molecule has 1 aromatic heterocycles. The third kappa shape index (κ3) is 5.19. The highest BCUT2D eigenvalue weighted by Crippen LogP contribution is 2.38. The Morgan fingerprint density at radius 1 is 1.20 bits per heavy atom. The number of hydrogen-bond donors (Lipinski definition) is 0. The summed E-state index contributed by atoms with van der Waals surface area (Å²) in [5, 5.41) is 9.55. The van der Waals surface area contributed by atoms with Crippen LogP contribution in [0.1, 0.15) is 54.7 Å². The second-order valence-corrected chi connectivity index (χ2v) is 8.87. The Kier molecular flexibility index (Phi) is 7.45. The maximum Gasteiger partial charge on any atom is 0.349 e. The normalized spacial score (nSPS) is 17.3. The minimum atomic E-state index is -0.795. The van der Waals surface area contributed by atoms with Gasteiger partial charge in [-0.05, 0) is 68.5 Å². The topological polar surface area (TPSA) is 93.8 Å². The number of aromatic nitrogens is 1. The number of amides is 1. The molecule has 1 atom stereocenters. The van der Waals surface area contributed by atoms with Crippen molar-refractivity contribution in [2.24, 2.45) is 0 Å². The molecule has 4 rings (SSSR count). The number of rotatable bonds is 7. The number of ether oxygens (including phenoxy) is 3. The Bertz CT molecular complexity index is 1190. The molecule has 1 amide bonds. The molecule has 1 unspecified atom stereocenters. The zero-order valence-electron chi connectivity index (χ0n) is 20.5. The molecule has 8 nitrogen and oxygen atoms in total. The first-order valence-electron chi connectivity index (χ1n) is 12.1. The molecule has 1 fully saturated rings. The van der Waals surface area contributed by atoms with Crippen LogP contribution in [0.25, 0.3) is 6.08 Å². The predicted molar refractivity (Wildman–Crippen MR) is 130 cm³/mol. The molecule has 0 saturated carbocycles. The van der Waals surface area contributed by atoms with Crippen molar-refractivity contribution in [2.75, 3.05) is 26.4 Å². The van der Waals surface area contributed by atoms with E-state index in [1.807, 2.05) is 44.2 Å². The summed E-state index contributed by atoms with van der Waals surface area (Å²) in [5.41, 5.74) is 3.69. The van der Waals surface area contributed by atoms with Crippen LogP contribution in [0.3, 0.4) is 0 Å². The molecule has 1 aromatic carbocycles. The van der Waals surface area contributed by atoms with Crippen LogP contribution < -0.4 is 9.47 Å². The molecule has 0 spiro atoms. The Hall–Kier alpha value is -3.73. The zero-order chi connectivity index (χ0) is 24.9. The zero-order valence-corrected chi connectivity index (χ0v) is 20.5. The standard InChI is InChI=1S/C27H31N3O5/c1-4-9-29-18(2)13-21(19(29)3)14-22(16-28)27(32)35-17-26(31)30-10-5-6-23(30)20-7-8-24-25(15-20)34-12-11-33-24/h7-8,13-15,23H,4-6,9-12,17H2,1-3H3/b22-14+. The van der Waals surface area contributed by atoms with Crippen molar-refractivity contribution in [1.29, 1.82) is 5.26 Å². The summed E-state index contributed by atoms with van der Waals surface area (Å²) >= 11 is 0. The van der Waals surface area contributed by atoms with Crippen molar-refractivity contribution in [1.82, 2.24) is 9.47 Å². The highest BCUT2D eigenvalue weighted by Gasteiger charge is 2.31. The Morgan fingerprint density at radius 3 is 2.71 bits per heavy atom. The average molecular weight is 478 g/mol. The van der Waals surface area contributed by atoms with Crippen molar-refractivity contribution in [2.45, 2.75) is 52.6 Å². The van der Waals surface area contributed by atoms with Gasteiger partial charge in [0.05, 0.1) is 6.04 Å². The van der Waals surface area contributed by atoms with Crippen molar-refractivity contribution in [3.05, 3.63) is 52.4 Å². The number of benzene rings is 1. The van der Waals surface area contributed by atoms with Gasteiger partial charge in [0, 0.05) is 24.5 Å². The third-order valence-electron chi connectivity index (χ3n) is 6.55. The fraction of sp³-hybridized carbons (Fsp3) is 0.444. The predicted octanol–water partition coefficient (Wildman–Crippen LogP) is 4.10. The summed E-state index contributed by atoms with van der Waals surface area (Å²) < 4.78 is 18.7. The summed E-state index contributed by atoms with van der Waals surface area (Å²) in [6.45, 7) is 8.12. The molecular weight excluding hydrogens is 446 g/mol. The smallest absolute Gasteiger partial charge is 0.349 e. The monoisotopic (exact) mass is 477 g/mol. The van der Waals surface area contributed by atoms with E-state index in [4.69, 9.17) is 14.2 Å². The highest BCUT2D eigenvalue weighted by atomic mass is 16.6. The van der Waals surface area contributed by atoms with E-state index in [1.54, 1.807) is 4.90 Å². The second-order valence-electron chi connectivity index (χ2n) is 8.87. The first kappa shape index (κ1) is 24.4. The summed E-state index contributed by atoms with van der Waals surface area (Å²) in [6.07, 6.45) is 4.19. The van der Waals surface area contributed by atoms with Crippen LogP contribution in [-0.4, -0.2) is 47.7 Å². The first-order chi connectivity index (χ1) is 16.9. The van der Waals surface area contributed by atoms with Gasteiger partial charge in [-0.15, -0.1) is 0 Å². The molecular formula is C27H31N3O5. The molecule has 2 aliphatic heterocycles. The number of likely N-dealkylation sites (tertiary alicyclic amines) is 1. The number of nitrogens with zero attached hydrogens (tertiary/aromatic N) is 3. The van der Waals surface area contributed by atoms with Crippen LogP contribution in [0.2, 0.25) is 0 Å². The van der Waals surface area contributed by atoms with Crippen molar-refractivity contribution in [3.8, 4) is 17.6 Å². The lowest BCUT2D eigenvalue weighted by Crippen LogP contribution is -2.34. The second kappa shape index (κ2) is 10.7. The van der Waals surface area contributed by atoms with E-state index >= 15 is 0 Å². The summed E-state index contributed by atoms with van der Waals surface area (Å²) in [4.78, 5) is 27.3. The van der Waals surface area contributed by atoms with Crippen LogP contribution >= 0.6 is 0 Å². The largest absolute Gasteiger partial charge is 0.486 e. The Morgan fingerprint density at radius 2 is 1.97 bits per heavy atom. The van der Waals surface area contributed by atoms with Crippen molar-refractivity contribution >= 4 is 18.0 Å². The fourth-order valence-electron chi connectivity index (χ4n) is 4.80. The van der Waals surface area contributed by atoms with Crippen LogP contribution in [0.4, 0.5) is 0 Å². The van der Waals surface area contributed by atoms with Gasteiger partial charge in [0.15, 0.2) is 18.1 Å². The van der Waals surface area contributed by atoms with Gasteiger partial charge in [-0.25, -0.2) is 4.79 Å². The van der Waals surface area contributed by atoms with Gasteiger partial charge >= 0.3 is 5.97 Å². The van der Waals surface area contributed by atoms with E-state index in [0.29, 0.717) is 31.3 Å². The van der Waals surface area contributed by atoms with Gasteiger partial charge < -0.3 is 23.7 Å². The summed E-state index contributed by atoms with van der Waals surface area (Å²) in [7, 11) is 0. The van der Waals surface area contributed by atoms with Crippen LogP contribution in [0.15, 0.2) is 29.8 Å². The first-order valence-corrected chi connectivity index (χ1v) is 12.1. The highest BCUT2D eigenvalue weighted by molar-refractivity contribution is 5.99.